The van der Waals surface area contributed by atoms with Crippen molar-refractivity contribution >= 4 is 25.1 Å². The molecule has 0 amide bonds. The van der Waals surface area contributed by atoms with Crippen molar-refractivity contribution in [2.45, 2.75) is 13.8 Å². The van der Waals surface area contributed by atoms with E-state index in [9.17, 15) is 4.79 Å². The molecule has 0 aliphatic rings. The van der Waals surface area contributed by atoms with Gasteiger partial charge in [-0.15, -0.1) is 6.58 Å². The van der Waals surface area contributed by atoms with Crippen LogP contribution in [0.2, 0.25) is 0 Å². The molecule has 0 aliphatic heterocycles. The average molecular weight is 279 g/mol. The van der Waals surface area contributed by atoms with Gasteiger partial charge in [0.1, 0.15) is 0 Å². The van der Waals surface area contributed by atoms with E-state index in [0.29, 0.717) is 10.5 Å². The zero-order valence-corrected chi connectivity index (χ0v) is 15.1. The molecule has 7 heteroatoms. The van der Waals surface area contributed by atoms with E-state index in [1.165, 1.54) is 6.92 Å². The summed E-state index contributed by atoms with van der Waals surface area (Å²) in [5.41, 5.74) is 1.94. The Labute approximate surface area is 109 Å². The molecular weight excluding hydrogens is 252 g/mol. The fourth-order valence-electron chi connectivity index (χ4n) is 1.29. The fourth-order valence-corrected chi connectivity index (χ4v) is 3.88. The molecule has 102 valence electrons. The van der Waals surface area contributed by atoms with Gasteiger partial charge in [0.25, 0.3) is 5.97 Å². The maximum Gasteiger partial charge on any atom is 0.383 e. The molecule has 0 heterocycles. The van der Waals surface area contributed by atoms with Crippen LogP contribution in [0.25, 0.3) is 0 Å². The van der Waals surface area contributed by atoms with Crippen LogP contribution in [0.5, 0.6) is 0 Å². The lowest BCUT2D eigenvalue weighted by atomic mass is 10.9. The van der Waals surface area contributed by atoms with Crippen molar-refractivity contribution in [1.29, 1.82) is 0 Å². The van der Waals surface area contributed by atoms with E-state index in [0.717, 1.165) is 6.61 Å². The highest BCUT2D eigenvalue weighted by atomic mass is 28.4. The molecule has 0 bridgehead atoms. The molecule has 0 saturated heterocycles. The molecule has 0 N–H and O–H groups in total. The molecule has 0 rings (SSSR count). The summed E-state index contributed by atoms with van der Waals surface area (Å²) >= 11 is 0. The van der Waals surface area contributed by atoms with Crippen molar-refractivity contribution in [3.63, 3.8) is 0 Å². The molecule has 0 atom stereocenters. The SMILES string of the molecule is C=C[Si](OCC)(N(C)C)N(C)C.CC(=O)O[SiH3]. The Hall–Kier alpha value is -0.476. The quantitative estimate of drug-likeness (QED) is 0.643. The van der Waals surface area contributed by atoms with Gasteiger partial charge in [0.2, 0.25) is 10.5 Å². The minimum absolute atomic E-state index is 0.184. The van der Waals surface area contributed by atoms with Gasteiger partial charge in [-0.05, 0) is 40.8 Å². The lowest BCUT2D eigenvalue weighted by molar-refractivity contribution is -0.131. The topological polar surface area (TPSA) is 42.0 Å². The summed E-state index contributed by atoms with van der Waals surface area (Å²) in [6.45, 7) is 7.99. The van der Waals surface area contributed by atoms with Gasteiger partial charge in [0.05, 0.1) is 0 Å². The largest absolute Gasteiger partial charge is 0.529 e. The molecule has 0 aliphatic carbocycles. The second-order valence-corrected chi connectivity index (χ2v) is 7.99. The first-order valence-electron chi connectivity index (χ1n) is 5.45. The average Bonchev–Trinajstić information content (AvgIpc) is 2.25. The predicted molar refractivity (Wildman–Crippen MR) is 76.7 cm³/mol. The molecular formula is C10H26N2O3Si2. The van der Waals surface area contributed by atoms with Gasteiger partial charge < -0.3 is 8.85 Å². The molecule has 17 heavy (non-hydrogen) atoms. The van der Waals surface area contributed by atoms with Gasteiger partial charge >= 0.3 is 8.64 Å². The first-order chi connectivity index (χ1) is 7.78. The number of nitrogens with zero attached hydrogens (tertiary/aromatic N) is 2. The minimum atomic E-state index is -1.99. The zero-order chi connectivity index (χ0) is 14.1. The smallest absolute Gasteiger partial charge is 0.383 e. The van der Waals surface area contributed by atoms with Gasteiger partial charge in [0, 0.05) is 13.5 Å². The minimum Gasteiger partial charge on any atom is -0.529 e. The number of carbonyl (C=O) groups excluding carboxylic acids is 1. The molecule has 0 saturated carbocycles. The van der Waals surface area contributed by atoms with Crippen molar-refractivity contribution in [2.24, 2.45) is 0 Å². The van der Waals surface area contributed by atoms with E-state index < -0.39 is 8.64 Å². The van der Waals surface area contributed by atoms with Gasteiger partial charge in [-0.1, -0.05) is 0 Å². The Kier molecular flexibility index (Phi) is 10.6. The Morgan fingerprint density at radius 3 is 1.76 bits per heavy atom. The highest BCUT2D eigenvalue weighted by Crippen LogP contribution is 2.11. The zero-order valence-electron chi connectivity index (χ0n) is 12.1. The van der Waals surface area contributed by atoms with Crippen molar-refractivity contribution < 1.29 is 13.6 Å². The second-order valence-electron chi connectivity index (χ2n) is 3.78. The lowest BCUT2D eigenvalue weighted by Gasteiger charge is -2.38. The number of hydrogen-bond donors (Lipinski definition) is 0. The van der Waals surface area contributed by atoms with Gasteiger partial charge in [-0.2, -0.15) is 0 Å². The Morgan fingerprint density at radius 2 is 1.71 bits per heavy atom. The van der Waals surface area contributed by atoms with Crippen molar-refractivity contribution in [1.82, 2.24) is 9.13 Å². The molecule has 0 unspecified atom stereocenters. The van der Waals surface area contributed by atoms with Crippen LogP contribution in [0.15, 0.2) is 12.3 Å². The third-order valence-electron chi connectivity index (χ3n) is 2.19. The molecule has 0 fully saturated rings. The summed E-state index contributed by atoms with van der Waals surface area (Å²) in [4.78, 5) is 9.62. The maximum absolute atomic E-state index is 9.62. The number of rotatable bonds is 5. The van der Waals surface area contributed by atoms with Crippen LogP contribution in [0.1, 0.15) is 13.8 Å². The first kappa shape index (κ1) is 18.9. The van der Waals surface area contributed by atoms with E-state index in [1.807, 2.05) is 40.8 Å². The number of carbonyl (C=O) groups is 1. The van der Waals surface area contributed by atoms with Crippen LogP contribution in [-0.4, -0.2) is 69.0 Å². The third-order valence-corrected chi connectivity index (χ3v) is 6.58. The van der Waals surface area contributed by atoms with Crippen LogP contribution in [-0.2, 0) is 13.6 Å². The van der Waals surface area contributed by atoms with Crippen molar-refractivity contribution in [2.75, 3.05) is 34.8 Å². The van der Waals surface area contributed by atoms with Crippen LogP contribution < -0.4 is 0 Å². The number of hydrogen-bond acceptors (Lipinski definition) is 5. The molecule has 5 nitrogen and oxygen atoms in total. The maximum atomic E-state index is 9.62. The molecule has 0 aromatic heterocycles. The second kappa shape index (κ2) is 9.54. The summed E-state index contributed by atoms with van der Waals surface area (Å²) < 4.78 is 14.3. The van der Waals surface area contributed by atoms with E-state index in [2.05, 4.69) is 20.1 Å². The summed E-state index contributed by atoms with van der Waals surface area (Å²) in [6, 6.07) is 0. The monoisotopic (exact) mass is 278 g/mol. The van der Waals surface area contributed by atoms with Crippen LogP contribution >= 0.6 is 0 Å². The molecule has 0 spiro atoms. The summed E-state index contributed by atoms with van der Waals surface area (Å²) in [6.07, 6.45) is 0. The fraction of sp³-hybridized carbons (Fsp3) is 0.700. The van der Waals surface area contributed by atoms with Crippen molar-refractivity contribution in [3.05, 3.63) is 12.3 Å². The molecule has 0 aromatic rings. The van der Waals surface area contributed by atoms with Crippen molar-refractivity contribution in [3.8, 4) is 0 Å². The third kappa shape index (κ3) is 6.74. The first-order valence-corrected chi connectivity index (χ1v) is 8.15. The Bertz CT molecular complexity index is 228. The van der Waals surface area contributed by atoms with Gasteiger partial charge in [-0.3, -0.25) is 13.9 Å². The Balaban J connectivity index is 0. The van der Waals surface area contributed by atoms with E-state index in [-0.39, 0.29) is 5.97 Å². The highest BCUT2D eigenvalue weighted by molar-refractivity contribution is 6.73. The van der Waals surface area contributed by atoms with Crippen LogP contribution in [0.4, 0.5) is 0 Å². The normalized spacial score (nSPS) is 11.1. The Morgan fingerprint density at radius 1 is 1.35 bits per heavy atom. The standard InChI is InChI=1S/C8H20N2OSi.C2H6O2Si/c1-7-11-12(8-2,9(3)4)10(5)6;1-2(3)4-5/h8H,2,7H2,1,3-6H3;1,5H3. The summed E-state index contributed by atoms with van der Waals surface area (Å²) in [5, 5.41) is 0. The summed E-state index contributed by atoms with van der Waals surface area (Å²) in [7, 11) is 6.66. The van der Waals surface area contributed by atoms with Crippen LogP contribution in [0.3, 0.4) is 0 Å². The molecule has 0 aromatic carbocycles. The molecule has 0 radical (unpaired) electrons. The predicted octanol–water partition coefficient (Wildman–Crippen LogP) is -0.360. The van der Waals surface area contributed by atoms with Gasteiger partial charge in [0.15, 0.2) is 0 Å². The van der Waals surface area contributed by atoms with Crippen LogP contribution in [0, 0.1) is 0 Å². The lowest BCUT2D eigenvalue weighted by Crippen LogP contribution is -2.61. The van der Waals surface area contributed by atoms with Gasteiger partial charge in [-0.25, -0.2) is 0 Å². The highest BCUT2D eigenvalue weighted by Gasteiger charge is 2.38. The van der Waals surface area contributed by atoms with E-state index >= 15 is 0 Å². The van der Waals surface area contributed by atoms with E-state index in [1.54, 1.807) is 0 Å². The summed E-state index contributed by atoms with van der Waals surface area (Å²) in [5.74, 6) is -0.184. The van der Waals surface area contributed by atoms with E-state index in [4.69, 9.17) is 4.43 Å².